The number of carbonyl (C=O) groups excluding carboxylic acids is 1. The van der Waals surface area contributed by atoms with Crippen molar-refractivity contribution in [2.45, 2.75) is 32.6 Å². The zero-order valence-corrected chi connectivity index (χ0v) is 14.2. The molecule has 0 amide bonds. The first-order chi connectivity index (χ1) is 11.7. The molecule has 0 saturated carbocycles. The van der Waals surface area contributed by atoms with Crippen LogP contribution in [0.15, 0.2) is 66.7 Å². The van der Waals surface area contributed by atoms with Crippen molar-refractivity contribution in [1.29, 1.82) is 0 Å². The summed E-state index contributed by atoms with van der Waals surface area (Å²) in [5, 5.41) is 0. The summed E-state index contributed by atoms with van der Waals surface area (Å²) in [6.45, 7) is 5.68. The number of esters is 1. The molecule has 3 heteroatoms. The minimum atomic E-state index is -0.309. The summed E-state index contributed by atoms with van der Waals surface area (Å²) in [4.78, 5) is 11.3. The van der Waals surface area contributed by atoms with E-state index in [0.29, 0.717) is 12.2 Å². The highest BCUT2D eigenvalue weighted by Gasteiger charge is 2.05. The van der Waals surface area contributed by atoms with Gasteiger partial charge in [0.2, 0.25) is 0 Å². The zero-order valence-electron chi connectivity index (χ0n) is 14.2. The Morgan fingerprint density at radius 1 is 0.958 bits per heavy atom. The van der Waals surface area contributed by atoms with E-state index in [1.165, 1.54) is 5.56 Å². The van der Waals surface area contributed by atoms with Crippen LogP contribution in [0.1, 0.15) is 31.7 Å². The van der Waals surface area contributed by atoms with Gasteiger partial charge in [-0.05, 0) is 56.4 Å². The fourth-order valence-corrected chi connectivity index (χ4v) is 2.31. The topological polar surface area (TPSA) is 35.5 Å². The van der Waals surface area contributed by atoms with Gasteiger partial charge in [-0.15, -0.1) is 0 Å². The molecule has 2 aromatic carbocycles. The van der Waals surface area contributed by atoms with Crippen molar-refractivity contribution >= 4 is 5.97 Å². The lowest BCUT2D eigenvalue weighted by Gasteiger charge is -2.11. The molecule has 2 aromatic rings. The maximum absolute atomic E-state index is 11.3. The van der Waals surface area contributed by atoms with Gasteiger partial charge in [0.25, 0.3) is 0 Å². The van der Waals surface area contributed by atoms with E-state index < -0.39 is 0 Å². The first-order valence-corrected chi connectivity index (χ1v) is 8.30. The van der Waals surface area contributed by atoms with Gasteiger partial charge in [0.05, 0.1) is 6.61 Å². The quantitative estimate of drug-likeness (QED) is 0.356. The molecule has 2 rings (SSSR count). The van der Waals surface area contributed by atoms with Crippen LogP contribution in [-0.2, 0) is 16.0 Å². The normalized spacial score (nSPS) is 10.2. The van der Waals surface area contributed by atoms with Gasteiger partial charge in [-0.1, -0.05) is 43.0 Å². The van der Waals surface area contributed by atoms with Gasteiger partial charge in [-0.2, -0.15) is 0 Å². The molecule has 3 nitrogen and oxygen atoms in total. The summed E-state index contributed by atoms with van der Waals surface area (Å²) in [6, 6.07) is 17.9. The van der Waals surface area contributed by atoms with Gasteiger partial charge in [-0.3, -0.25) is 0 Å². The number of aryl methyl sites for hydroxylation is 1. The minimum absolute atomic E-state index is 0.309. The second kappa shape index (κ2) is 9.56. The summed E-state index contributed by atoms with van der Waals surface area (Å²) in [5.41, 5.74) is 1.64. The highest BCUT2D eigenvalue weighted by Crippen LogP contribution is 2.26. The molecule has 126 valence electrons. The molecular weight excluding hydrogens is 300 g/mol. The average Bonchev–Trinajstić information content (AvgIpc) is 2.60. The summed E-state index contributed by atoms with van der Waals surface area (Å²) >= 11 is 0. The molecule has 0 radical (unpaired) electrons. The smallest absolute Gasteiger partial charge is 0.333 e. The summed E-state index contributed by atoms with van der Waals surface area (Å²) in [6.07, 6.45) is 3.83. The molecule has 0 atom stereocenters. The van der Waals surface area contributed by atoms with E-state index in [1.807, 2.05) is 48.5 Å². The second-order valence-electron chi connectivity index (χ2n) is 5.75. The van der Waals surface area contributed by atoms with Crippen LogP contribution in [0.25, 0.3) is 0 Å². The molecule has 0 fully saturated rings. The summed E-state index contributed by atoms with van der Waals surface area (Å²) in [5.74, 6) is 1.44. The van der Waals surface area contributed by atoms with Crippen LogP contribution in [0.5, 0.6) is 11.5 Å². The third kappa shape index (κ3) is 5.92. The first-order valence-electron chi connectivity index (χ1n) is 8.30. The van der Waals surface area contributed by atoms with Crippen molar-refractivity contribution in [2.75, 3.05) is 6.61 Å². The number of carbonyl (C=O) groups is 1. The average molecular weight is 324 g/mol. The van der Waals surface area contributed by atoms with E-state index in [2.05, 4.69) is 12.6 Å². The van der Waals surface area contributed by atoms with E-state index in [1.54, 1.807) is 6.92 Å². The molecule has 0 aliphatic heterocycles. The van der Waals surface area contributed by atoms with Crippen molar-refractivity contribution in [2.24, 2.45) is 0 Å². The van der Waals surface area contributed by atoms with E-state index >= 15 is 0 Å². The molecule has 0 N–H and O–H groups in total. The third-order valence-electron chi connectivity index (χ3n) is 3.62. The van der Waals surface area contributed by atoms with E-state index in [9.17, 15) is 4.79 Å². The van der Waals surface area contributed by atoms with Crippen molar-refractivity contribution in [1.82, 2.24) is 0 Å². The first kappa shape index (κ1) is 17.8. The maximum atomic E-state index is 11.3. The van der Waals surface area contributed by atoms with Crippen LogP contribution in [0.2, 0.25) is 0 Å². The van der Waals surface area contributed by atoms with Gasteiger partial charge in [0, 0.05) is 5.57 Å². The maximum Gasteiger partial charge on any atom is 0.333 e. The number of rotatable bonds is 9. The van der Waals surface area contributed by atoms with E-state index in [4.69, 9.17) is 9.47 Å². The largest absolute Gasteiger partial charge is 0.462 e. The van der Waals surface area contributed by atoms with Gasteiger partial charge in [0.15, 0.2) is 0 Å². The monoisotopic (exact) mass is 324 g/mol. The Balaban J connectivity index is 1.77. The highest BCUT2D eigenvalue weighted by molar-refractivity contribution is 5.86. The molecule has 0 aromatic heterocycles. The van der Waals surface area contributed by atoms with Crippen LogP contribution in [0.3, 0.4) is 0 Å². The molecular formula is C21H24O3. The molecule has 0 aliphatic rings. The Hall–Kier alpha value is -2.55. The lowest BCUT2D eigenvalue weighted by molar-refractivity contribution is -0.139. The van der Waals surface area contributed by atoms with Gasteiger partial charge in [0.1, 0.15) is 11.5 Å². The molecule has 0 aliphatic carbocycles. The Kier molecular flexibility index (Phi) is 7.09. The summed E-state index contributed by atoms with van der Waals surface area (Å²) < 4.78 is 11.1. The summed E-state index contributed by atoms with van der Waals surface area (Å²) in [7, 11) is 0. The molecule has 0 bridgehead atoms. The number of unbranched alkanes of at least 4 members (excludes halogenated alkanes) is 2. The second-order valence-corrected chi connectivity index (χ2v) is 5.75. The Morgan fingerprint density at radius 2 is 1.67 bits per heavy atom. The van der Waals surface area contributed by atoms with Crippen molar-refractivity contribution < 1.29 is 14.3 Å². The number of benzene rings is 2. The van der Waals surface area contributed by atoms with Crippen molar-refractivity contribution in [3.05, 3.63) is 72.3 Å². The minimum Gasteiger partial charge on any atom is -0.462 e. The molecule has 24 heavy (non-hydrogen) atoms. The predicted octanol–water partition coefficient (Wildman–Crippen LogP) is 5.31. The number of para-hydroxylation sites is 2. The SMILES string of the molecule is C=C(C)C(=O)OCCCCCc1ccccc1Oc1ccccc1. The zero-order chi connectivity index (χ0) is 17.2. The van der Waals surface area contributed by atoms with E-state index in [-0.39, 0.29) is 5.97 Å². The fourth-order valence-electron chi connectivity index (χ4n) is 2.31. The predicted molar refractivity (Wildman–Crippen MR) is 96.3 cm³/mol. The van der Waals surface area contributed by atoms with Crippen LogP contribution < -0.4 is 4.74 Å². The van der Waals surface area contributed by atoms with Crippen LogP contribution in [0, 0.1) is 0 Å². The molecule has 0 saturated heterocycles. The molecule has 0 spiro atoms. The lowest BCUT2D eigenvalue weighted by Crippen LogP contribution is -2.06. The van der Waals surface area contributed by atoms with E-state index in [0.717, 1.165) is 37.2 Å². The Morgan fingerprint density at radius 3 is 2.42 bits per heavy atom. The lowest BCUT2D eigenvalue weighted by atomic mass is 10.1. The van der Waals surface area contributed by atoms with Crippen LogP contribution in [-0.4, -0.2) is 12.6 Å². The standard InChI is InChI=1S/C21H24O3/c1-17(2)21(22)23-16-10-4-5-11-18-12-8-9-15-20(18)24-19-13-6-3-7-14-19/h3,6-9,12-15H,1,4-5,10-11,16H2,2H3. The molecule has 0 unspecified atom stereocenters. The van der Waals surface area contributed by atoms with Gasteiger partial charge in [-0.25, -0.2) is 4.79 Å². The Labute approximate surface area is 143 Å². The van der Waals surface area contributed by atoms with Crippen molar-refractivity contribution in [3.8, 4) is 11.5 Å². The molecule has 0 heterocycles. The number of ether oxygens (including phenoxy) is 2. The van der Waals surface area contributed by atoms with Crippen molar-refractivity contribution in [3.63, 3.8) is 0 Å². The number of hydrogen-bond acceptors (Lipinski definition) is 3. The Bertz CT molecular complexity index is 662. The third-order valence-corrected chi connectivity index (χ3v) is 3.62. The van der Waals surface area contributed by atoms with Crippen LogP contribution >= 0.6 is 0 Å². The van der Waals surface area contributed by atoms with Gasteiger partial charge < -0.3 is 9.47 Å². The van der Waals surface area contributed by atoms with Crippen LogP contribution in [0.4, 0.5) is 0 Å². The van der Waals surface area contributed by atoms with Gasteiger partial charge >= 0.3 is 5.97 Å². The highest BCUT2D eigenvalue weighted by atomic mass is 16.5. The fraction of sp³-hybridized carbons (Fsp3) is 0.286. The number of hydrogen-bond donors (Lipinski definition) is 0.